The van der Waals surface area contributed by atoms with E-state index >= 15 is 0 Å². The predicted molar refractivity (Wildman–Crippen MR) is 85.1 cm³/mol. The zero-order valence-corrected chi connectivity index (χ0v) is 14.3. The van der Waals surface area contributed by atoms with E-state index in [1.54, 1.807) is 12.3 Å². The molecule has 5 atom stereocenters. The summed E-state index contributed by atoms with van der Waals surface area (Å²) in [6, 6.07) is 1.64. The lowest BCUT2D eigenvalue weighted by molar-refractivity contribution is -0.0979. The summed E-state index contributed by atoms with van der Waals surface area (Å²) in [5, 5.41) is 21.7. The van der Waals surface area contributed by atoms with Gasteiger partial charge in [-0.25, -0.2) is 14.5 Å². The number of aliphatic hydroxyl groups is 2. The van der Waals surface area contributed by atoms with E-state index in [-0.39, 0.29) is 5.82 Å². The molecule has 1 aliphatic heterocycles. The molecule has 1 aliphatic rings. The molecule has 1 fully saturated rings. The fourth-order valence-corrected chi connectivity index (χ4v) is 3.56. The molecule has 2 aromatic rings. The molecule has 25 heavy (non-hydrogen) atoms. The molecule has 0 spiro atoms. The summed E-state index contributed by atoms with van der Waals surface area (Å²) in [6.45, 7) is 2.68. The molecule has 0 radical (unpaired) electrons. The highest BCUT2D eigenvalue weighted by Crippen LogP contribution is 2.45. The number of phosphoric ester groups is 1. The second kappa shape index (κ2) is 5.99. The quantitative estimate of drug-likeness (QED) is 0.440. The first kappa shape index (κ1) is 18.2. The molecule has 0 aliphatic carbocycles. The van der Waals surface area contributed by atoms with Crippen molar-refractivity contribution < 1.29 is 33.8 Å². The number of hydrogen-bond donors (Lipinski definition) is 5. The van der Waals surface area contributed by atoms with E-state index in [4.69, 9.17) is 20.3 Å². The van der Waals surface area contributed by atoms with Gasteiger partial charge in [0.05, 0.1) is 11.5 Å². The van der Waals surface area contributed by atoms with E-state index in [2.05, 4.69) is 14.5 Å². The Balaban J connectivity index is 1.96. The first-order chi connectivity index (χ1) is 11.5. The van der Waals surface area contributed by atoms with Crippen LogP contribution in [0.1, 0.15) is 20.1 Å². The zero-order chi connectivity index (χ0) is 18.6. The number of aliphatic hydroxyl groups excluding tert-OH is 1. The van der Waals surface area contributed by atoms with Gasteiger partial charge in [-0.3, -0.25) is 4.52 Å². The average molecular weight is 374 g/mol. The number of aromatic nitrogens is 3. The number of fused-ring (bicyclic) bond motifs is 1. The van der Waals surface area contributed by atoms with Crippen LogP contribution in [0.15, 0.2) is 18.6 Å². The molecular formula is C13H19N4O7P. The third-order valence-corrected chi connectivity index (χ3v) is 4.86. The van der Waals surface area contributed by atoms with E-state index in [1.165, 1.54) is 24.7 Å². The van der Waals surface area contributed by atoms with Gasteiger partial charge in [0, 0.05) is 6.20 Å². The number of rotatable bonds is 4. The van der Waals surface area contributed by atoms with E-state index < -0.39 is 38.0 Å². The van der Waals surface area contributed by atoms with Crippen LogP contribution in [0, 0.1) is 0 Å². The monoisotopic (exact) mass is 374 g/mol. The van der Waals surface area contributed by atoms with Gasteiger partial charge in [0.2, 0.25) is 0 Å². The van der Waals surface area contributed by atoms with Crippen LogP contribution in [0.5, 0.6) is 0 Å². The number of nitrogen functional groups attached to an aromatic ring is 1. The fourth-order valence-electron chi connectivity index (χ4n) is 3.01. The maximum Gasteiger partial charge on any atom is 0.469 e. The van der Waals surface area contributed by atoms with Gasteiger partial charge < -0.3 is 35.0 Å². The molecule has 6 N–H and O–H groups in total. The maximum absolute atomic E-state index is 11.0. The molecule has 138 valence electrons. The van der Waals surface area contributed by atoms with Crippen molar-refractivity contribution in [2.75, 3.05) is 5.73 Å². The highest BCUT2D eigenvalue weighted by atomic mass is 31.2. The molecule has 1 saturated heterocycles. The van der Waals surface area contributed by atoms with Gasteiger partial charge in [-0.2, -0.15) is 0 Å². The minimum absolute atomic E-state index is 0.247. The molecule has 0 aromatic carbocycles. The summed E-state index contributed by atoms with van der Waals surface area (Å²) >= 11 is 0. The van der Waals surface area contributed by atoms with Crippen LogP contribution in [-0.4, -0.2) is 58.4 Å². The Kier molecular flexibility index (Phi) is 4.36. The molecule has 0 bridgehead atoms. The second-order valence-electron chi connectivity index (χ2n) is 6.14. The number of nitrogens with two attached hydrogens (primary N) is 1. The third kappa shape index (κ3) is 3.15. The summed E-state index contributed by atoms with van der Waals surface area (Å²) in [5.74, 6) is 0.247. The van der Waals surface area contributed by atoms with E-state index in [0.717, 1.165) is 0 Å². The Labute approximate surface area is 142 Å². The summed E-state index contributed by atoms with van der Waals surface area (Å²) in [4.78, 5) is 25.9. The summed E-state index contributed by atoms with van der Waals surface area (Å²) in [6.07, 6.45) is -2.07. The Bertz CT molecular complexity index is 835. The average Bonchev–Trinajstić information content (AvgIpc) is 2.99. The van der Waals surface area contributed by atoms with Crippen molar-refractivity contribution in [3.8, 4) is 0 Å². The van der Waals surface area contributed by atoms with Crippen LogP contribution in [0.2, 0.25) is 0 Å². The molecule has 11 nitrogen and oxygen atoms in total. The summed E-state index contributed by atoms with van der Waals surface area (Å²) < 4.78 is 22.8. The van der Waals surface area contributed by atoms with Crippen molar-refractivity contribution in [2.24, 2.45) is 0 Å². The fraction of sp³-hybridized carbons (Fsp3) is 0.538. The SMILES string of the molecule is C[C@H](OP(=O)(O)O)[C@H]1OC(n2ccc3c(N)ncnc32)[C@](C)(O)[C@@H]1O. The van der Waals surface area contributed by atoms with Gasteiger partial charge in [0.25, 0.3) is 0 Å². The summed E-state index contributed by atoms with van der Waals surface area (Å²) in [7, 11) is -4.78. The first-order valence-corrected chi connectivity index (χ1v) is 8.92. The number of ether oxygens (including phenoxy) is 1. The normalized spacial score (nSPS) is 31.5. The van der Waals surface area contributed by atoms with Gasteiger partial charge in [0.15, 0.2) is 6.23 Å². The third-order valence-electron chi connectivity index (χ3n) is 4.25. The van der Waals surface area contributed by atoms with Crippen LogP contribution >= 0.6 is 7.82 Å². The number of nitrogens with zero attached hydrogens (tertiary/aromatic N) is 3. The van der Waals surface area contributed by atoms with Crippen molar-refractivity contribution >= 4 is 24.7 Å². The second-order valence-corrected chi connectivity index (χ2v) is 7.34. The number of phosphoric acid groups is 1. The number of hydrogen-bond acceptors (Lipinski definition) is 8. The Morgan fingerprint density at radius 2 is 2.16 bits per heavy atom. The van der Waals surface area contributed by atoms with E-state index in [1.807, 2.05) is 0 Å². The van der Waals surface area contributed by atoms with Crippen LogP contribution in [0.3, 0.4) is 0 Å². The van der Waals surface area contributed by atoms with Crippen molar-refractivity contribution in [1.82, 2.24) is 14.5 Å². The van der Waals surface area contributed by atoms with E-state index in [9.17, 15) is 14.8 Å². The molecule has 0 amide bonds. The van der Waals surface area contributed by atoms with Gasteiger partial charge in [-0.1, -0.05) is 0 Å². The highest BCUT2D eigenvalue weighted by Gasteiger charge is 2.55. The molecule has 0 saturated carbocycles. The minimum Gasteiger partial charge on any atom is -0.387 e. The van der Waals surface area contributed by atoms with E-state index in [0.29, 0.717) is 11.0 Å². The lowest BCUT2D eigenvalue weighted by Crippen LogP contribution is -2.46. The molecule has 2 aromatic heterocycles. The molecular weight excluding hydrogens is 355 g/mol. The lowest BCUT2D eigenvalue weighted by Gasteiger charge is -2.28. The minimum atomic E-state index is -4.78. The van der Waals surface area contributed by atoms with Gasteiger partial charge in [-0.05, 0) is 19.9 Å². The van der Waals surface area contributed by atoms with Crippen LogP contribution in [0.4, 0.5) is 5.82 Å². The molecule has 3 heterocycles. The summed E-state index contributed by atoms with van der Waals surface area (Å²) in [5.41, 5.74) is 4.39. The Morgan fingerprint density at radius 1 is 1.48 bits per heavy atom. The zero-order valence-electron chi connectivity index (χ0n) is 13.4. The number of anilines is 1. The Morgan fingerprint density at radius 3 is 2.80 bits per heavy atom. The predicted octanol–water partition coefficient (Wildman–Crippen LogP) is -0.479. The van der Waals surface area contributed by atoms with Crippen molar-refractivity contribution in [2.45, 2.75) is 44.0 Å². The smallest absolute Gasteiger partial charge is 0.387 e. The molecule has 3 rings (SSSR count). The van der Waals surface area contributed by atoms with Crippen LogP contribution < -0.4 is 5.73 Å². The first-order valence-electron chi connectivity index (χ1n) is 7.39. The van der Waals surface area contributed by atoms with Gasteiger partial charge in [-0.15, -0.1) is 0 Å². The maximum atomic E-state index is 11.0. The Hall–Kier alpha value is -1.59. The van der Waals surface area contributed by atoms with Crippen molar-refractivity contribution in [3.05, 3.63) is 18.6 Å². The van der Waals surface area contributed by atoms with Gasteiger partial charge >= 0.3 is 7.82 Å². The van der Waals surface area contributed by atoms with Crippen LogP contribution in [-0.2, 0) is 13.8 Å². The lowest BCUT2D eigenvalue weighted by atomic mass is 9.94. The van der Waals surface area contributed by atoms with Crippen LogP contribution in [0.25, 0.3) is 11.0 Å². The van der Waals surface area contributed by atoms with Crippen molar-refractivity contribution in [3.63, 3.8) is 0 Å². The largest absolute Gasteiger partial charge is 0.469 e. The van der Waals surface area contributed by atoms with Crippen molar-refractivity contribution in [1.29, 1.82) is 0 Å². The molecule has 1 unspecified atom stereocenters. The topological polar surface area (TPSA) is 173 Å². The van der Waals surface area contributed by atoms with Gasteiger partial charge in [0.1, 0.15) is 35.6 Å². The highest BCUT2D eigenvalue weighted by molar-refractivity contribution is 7.46. The standard InChI is InChI=1S/C13H19N4O7P/c1-6(24-25(20,21)22)8-9(18)13(2,19)12(23-8)17-4-3-7-10(14)15-5-16-11(7)17/h3-6,8-9,12,18-19H,1-2H3,(H2,14,15,16)(H2,20,21,22)/t6-,8+,9+,12?,13+/m0/s1. The molecule has 12 heteroatoms.